The molecule has 19 heavy (non-hydrogen) atoms. The van der Waals surface area contributed by atoms with Crippen LogP contribution >= 0.6 is 0 Å². The Labute approximate surface area is 115 Å². The number of nitrogens with one attached hydrogen (secondary N) is 1. The summed E-state index contributed by atoms with van der Waals surface area (Å²) in [5.74, 6) is 1.63. The third kappa shape index (κ3) is 2.89. The van der Waals surface area contributed by atoms with Crippen molar-refractivity contribution in [2.24, 2.45) is 0 Å². The van der Waals surface area contributed by atoms with Gasteiger partial charge in [-0.15, -0.1) is 0 Å². The van der Waals surface area contributed by atoms with Crippen molar-refractivity contribution in [3.8, 4) is 0 Å². The smallest absolute Gasteiger partial charge is 0.225 e. The molecule has 0 bridgehead atoms. The van der Waals surface area contributed by atoms with E-state index in [2.05, 4.69) is 32.6 Å². The summed E-state index contributed by atoms with van der Waals surface area (Å²) in [7, 11) is 2.05. The molecule has 0 spiro atoms. The van der Waals surface area contributed by atoms with Gasteiger partial charge in [-0.1, -0.05) is 12.8 Å². The number of rotatable bonds is 3. The summed E-state index contributed by atoms with van der Waals surface area (Å²) in [4.78, 5) is 11.5. The maximum absolute atomic E-state index is 4.59. The molecule has 1 aromatic rings. The quantitative estimate of drug-likeness (QED) is 0.905. The SMILES string of the molecule is CNC1CCN(c2ncc(C3CCCC3)cn2)CC1. The second-order valence-electron chi connectivity index (χ2n) is 5.85. The molecule has 2 aliphatic rings. The Morgan fingerprint density at radius 2 is 1.68 bits per heavy atom. The number of hydrogen-bond acceptors (Lipinski definition) is 4. The number of aromatic nitrogens is 2. The first-order valence-electron chi connectivity index (χ1n) is 7.61. The fourth-order valence-corrected chi connectivity index (χ4v) is 3.33. The Bertz CT molecular complexity index is 389. The first kappa shape index (κ1) is 12.9. The van der Waals surface area contributed by atoms with E-state index in [1.807, 2.05) is 7.05 Å². The van der Waals surface area contributed by atoms with Crippen molar-refractivity contribution in [2.75, 3.05) is 25.0 Å². The predicted molar refractivity (Wildman–Crippen MR) is 77.5 cm³/mol. The summed E-state index contributed by atoms with van der Waals surface area (Å²) in [6, 6.07) is 0.661. The molecule has 2 heterocycles. The van der Waals surface area contributed by atoms with Gasteiger partial charge < -0.3 is 10.2 Å². The van der Waals surface area contributed by atoms with Gasteiger partial charge in [-0.25, -0.2) is 9.97 Å². The Balaban J connectivity index is 1.62. The average Bonchev–Trinajstić information content (AvgIpc) is 3.02. The summed E-state index contributed by atoms with van der Waals surface area (Å²) < 4.78 is 0. The Kier molecular flexibility index (Phi) is 3.97. The van der Waals surface area contributed by atoms with Gasteiger partial charge in [0.25, 0.3) is 0 Å². The average molecular weight is 260 g/mol. The molecule has 104 valence electrons. The van der Waals surface area contributed by atoms with Crippen LogP contribution in [0.1, 0.15) is 50.0 Å². The molecule has 0 radical (unpaired) electrons. The molecule has 4 heteroatoms. The van der Waals surface area contributed by atoms with Crippen LogP contribution in [0.15, 0.2) is 12.4 Å². The number of piperidine rings is 1. The van der Waals surface area contributed by atoms with Gasteiger partial charge in [0.1, 0.15) is 0 Å². The molecule has 1 N–H and O–H groups in total. The van der Waals surface area contributed by atoms with Crippen LogP contribution in [-0.4, -0.2) is 36.1 Å². The third-order valence-corrected chi connectivity index (χ3v) is 4.67. The van der Waals surface area contributed by atoms with Crippen LogP contribution in [0.25, 0.3) is 0 Å². The lowest BCUT2D eigenvalue weighted by Crippen LogP contribution is -2.41. The number of nitrogens with zero attached hydrogens (tertiary/aromatic N) is 3. The van der Waals surface area contributed by atoms with Crippen molar-refractivity contribution >= 4 is 5.95 Å². The fraction of sp³-hybridized carbons (Fsp3) is 0.733. The van der Waals surface area contributed by atoms with E-state index in [4.69, 9.17) is 0 Å². The van der Waals surface area contributed by atoms with Crippen LogP contribution in [0, 0.1) is 0 Å². The molecular formula is C15H24N4. The van der Waals surface area contributed by atoms with Crippen molar-refractivity contribution in [3.63, 3.8) is 0 Å². The second-order valence-corrected chi connectivity index (χ2v) is 5.85. The highest BCUT2D eigenvalue weighted by atomic mass is 15.3. The zero-order chi connectivity index (χ0) is 13.1. The molecule has 0 unspecified atom stereocenters. The summed E-state index contributed by atoms with van der Waals surface area (Å²) in [5.41, 5.74) is 1.34. The van der Waals surface area contributed by atoms with Gasteiger partial charge in [-0.05, 0) is 44.2 Å². The normalized spacial score (nSPS) is 22.1. The van der Waals surface area contributed by atoms with E-state index in [0.717, 1.165) is 19.0 Å². The zero-order valence-electron chi connectivity index (χ0n) is 11.8. The fourth-order valence-electron chi connectivity index (χ4n) is 3.33. The van der Waals surface area contributed by atoms with Crippen molar-refractivity contribution in [2.45, 2.75) is 50.5 Å². The summed E-state index contributed by atoms with van der Waals surface area (Å²) in [5, 5.41) is 3.35. The highest BCUT2D eigenvalue weighted by Gasteiger charge is 2.21. The molecule has 4 nitrogen and oxygen atoms in total. The van der Waals surface area contributed by atoms with Gasteiger partial charge in [-0.3, -0.25) is 0 Å². The van der Waals surface area contributed by atoms with Crippen molar-refractivity contribution in [1.82, 2.24) is 15.3 Å². The van der Waals surface area contributed by atoms with Crippen molar-refractivity contribution < 1.29 is 0 Å². The molecule has 1 aromatic heterocycles. The van der Waals surface area contributed by atoms with Gasteiger partial charge in [0.2, 0.25) is 5.95 Å². The van der Waals surface area contributed by atoms with E-state index in [-0.39, 0.29) is 0 Å². The Morgan fingerprint density at radius 3 is 2.26 bits per heavy atom. The molecule has 3 rings (SSSR count). The molecule has 0 aromatic carbocycles. The lowest BCUT2D eigenvalue weighted by Gasteiger charge is -2.31. The van der Waals surface area contributed by atoms with Crippen LogP contribution in [0.4, 0.5) is 5.95 Å². The molecule has 1 saturated carbocycles. The predicted octanol–water partition coefficient (Wildman–Crippen LogP) is 2.32. The Hall–Kier alpha value is -1.16. The zero-order valence-corrected chi connectivity index (χ0v) is 11.8. The minimum Gasteiger partial charge on any atom is -0.341 e. The van der Waals surface area contributed by atoms with Crippen LogP contribution < -0.4 is 10.2 Å². The van der Waals surface area contributed by atoms with E-state index in [1.54, 1.807) is 0 Å². The lowest BCUT2D eigenvalue weighted by molar-refractivity contribution is 0.438. The van der Waals surface area contributed by atoms with E-state index in [0.29, 0.717) is 12.0 Å². The minimum absolute atomic E-state index is 0.661. The van der Waals surface area contributed by atoms with E-state index < -0.39 is 0 Å². The van der Waals surface area contributed by atoms with Gasteiger partial charge >= 0.3 is 0 Å². The topological polar surface area (TPSA) is 41.0 Å². The lowest BCUT2D eigenvalue weighted by atomic mass is 10.0. The summed E-state index contributed by atoms with van der Waals surface area (Å²) >= 11 is 0. The van der Waals surface area contributed by atoms with Crippen LogP contribution in [0.3, 0.4) is 0 Å². The van der Waals surface area contributed by atoms with Crippen molar-refractivity contribution in [1.29, 1.82) is 0 Å². The standard InChI is InChI=1S/C15H24N4/c1-16-14-6-8-19(9-7-14)15-17-10-13(11-18-15)12-4-2-3-5-12/h10-12,14,16H,2-9H2,1H3. The molecule has 2 fully saturated rings. The molecule has 0 atom stereocenters. The number of hydrogen-bond donors (Lipinski definition) is 1. The largest absolute Gasteiger partial charge is 0.341 e. The molecule has 1 aliphatic carbocycles. The van der Waals surface area contributed by atoms with E-state index in [9.17, 15) is 0 Å². The Morgan fingerprint density at radius 1 is 1.05 bits per heavy atom. The van der Waals surface area contributed by atoms with Crippen LogP contribution in [0.2, 0.25) is 0 Å². The van der Waals surface area contributed by atoms with Crippen LogP contribution in [-0.2, 0) is 0 Å². The first-order chi connectivity index (χ1) is 9.36. The highest BCUT2D eigenvalue weighted by molar-refractivity contribution is 5.31. The van der Waals surface area contributed by atoms with Gasteiger partial charge in [0, 0.05) is 31.5 Å². The van der Waals surface area contributed by atoms with Gasteiger partial charge in [0.15, 0.2) is 0 Å². The highest BCUT2D eigenvalue weighted by Crippen LogP contribution is 2.33. The minimum atomic E-state index is 0.661. The monoisotopic (exact) mass is 260 g/mol. The van der Waals surface area contributed by atoms with E-state index >= 15 is 0 Å². The molecular weight excluding hydrogens is 236 g/mol. The third-order valence-electron chi connectivity index (χ3n) is 4.67. The molecule has 1 saturated heterocycles. The second kappa shape index (κ2) is 5.87. The molecule has 1 aliphatic heterocycles. The van der Waals surface area contributed by atoms with Crippen molar-refractivity contribution in [3.05, 3.63) is 18.0 Å². The number of anilines is 1. The maximum atomic E-state index is 4.59. The van der Waals surface area contributed by atoms with Gasteiger partial charge in [0.05, 0.1) is 0 Å². The summed E-state index contributed by atoms with van der Waals surface area (Å²) in [6.45, 7) is 2.13. The van der Waals surface area contributed by atoms with Crippen LogP contribution in [0.5, 0.6) is 0 Å². The molecule has 0 amide bonds. The van der Waals surface area contributed by atoms with E-state index in [1.165, 1.54) is 44.1 Å². The maximum Gasteiger partial charge on any atom is 0.225 e. The summed E-state index contributed by atoms with van der Waals surface area (Å²) in [6.07, 6.45) is 11.8. The first-order valence-corrected chi connectivity index (χ1v) is 7.61. The van der Waals surface area contributed by atoms with Gasteiger partial charge in [-0.2, -0.15) is 0 Å².